The van der Waals surface area contributed by atoms with E-state index in [9.17, 15) is 14.7 Å². The number of Topliss-reactive ketones (excluding diaryl/α,β-unsaturated/α-hetero) is 1. The predicted octanol–water partition coefficient (Wildman–Crippen LogP) is 5.14. The Labute approximate surface area is 255 Å². The van der Waals surface area contributed by atoms with Gasteiger partial charge in [-0.3, -0.25) is 9.59 Å². The van der Waals surface area contributed by atoms with Gasteiger partial charge < -0.3 is 33.5 Å². The van der Waals surface area contributed by atoms with Crippen molar-refractivity contribution in [3.8, 4) is 23.0 Å². The number of carbonyl (C=O) groups excluding carboxylic acids is 2. The number of ether oxygens (including phenoxy) is 4. The first-order valence-corrected chi connectivity index (χ1v) is 14.6. The molecule has 0 aliphatic carbocycles. The average molecular weight is 596 g/mol. The molecule has 10 heteroatoms. The lowest BCUT2D eigenvalue weighted by molar-refractivity contribution is -0.139. The zero-order chi connectivity index (χ0) is 30.5. The van der Waals surface area contributed by atoms with Crippen molar-refractivity contribution in [3.05, 3.63) is 108 Å². The molecule has 0 bridgehead atoms. The number of aliphatic hydroxyl groups is 1. The summed E-state index contributed by atoms with van der Waals surface area (Å²) in [5, 5.41) is 11.6. The van der Waals surface area contributed by atoms with Gasteiger partial charge in [0, 0.05) is 31.0 Å². The van der Waals surface area contributed by atoms with E-state index in [1.807, 2.05) is 48.0 Å². The number of amides is 1. The Balaban J connectivity index is 1.37. The van der Waals surface area contributed by atoms with Gasteiger partial charge in [0.05, 0.1) is 24.5 Å². The molecule has 10 nitrogen and oxygen atoms in total. The van der Waals surface area contributed by atoms with Crippen molar-refractivity contribution in [2.75, 3.05) is 26.4 Å². The maximum atomic E-state index is 13.6. The number of aryl methyl sites for hydroxylation is 1. The van der Waals surface area contributed by atoms with E-state index in [1.54, 1.807) is 48.9 Å². The molecule has 0 saturated carbocycles. The highest BCUT2D eigenvalue weighted by Gasteiger charge is 2.46. The van der Waals surface area contributed by atoms with Crippen LogP contribution in [0.15, 0.2) is 91.0 Å². The van der Waals surface area contributed by atoms with Gasteiger partial charge in [-0.25, -0.2) is 4.98 Å². The maximum Gasteiger partial charge on any atom is 0.295 e. The fourth-order valence-corrected chi connectivity index (χ4v) is 5.46. The molecule has 6 rings (SSSR count). The van der Waals surface area contributed by atoms with E-state index >= 15 is 0 Å². The third-order valence-corrected chi connectivity index (χ3v) is 7.55. The molecule has 44 heavy (non-hydrogen) atoms. The Morgan fingerprint density at radius 1 is 0.955 bits per heavy atom. The van der Waals surface area contributed by atoms with Crippen LogP contribution < -0.4 is 18.9 Å². The standard InChI is InChI=1S/C34H33N3O7/c1-2-41-28-19-24(9-11-27(28)44-21-23-7-4-3-5-8-23)31-30(32(38)25-10-12-26-29(20-25)43-18-17-42-26)33(39)34(40)37(31)15-6-14-36-16-13-35-22-36/h3-5,7-13,16,19-20,22,31,38H,2,6,14-15,17-18,21H2,1H3/b32-30+/t31-/m1/s1. The molecule has 1 atom stereocenters. The summed E-state index contributed by atoms with van der Waals surface area (Å²) in [6.45, 7) is 4.28. The Kier molecular flexibility index (Phi) is 8.49. The fraction of sp³-hybridized carbons (Fsp3) is 0.265. The third-order valence-electron chi connectivity index (χ3n) is 7.55. The van der Waals surface area contributed by atoms with E-state index in [4.69, 9.17) is 18.9 Å². The second kappa shape index (κ2) is 12.9. The van der Waals surface area contributed by atoms with Crippen molar-refractivity contribution < 1.29 is 33.6 Å². The van der Waals surface area contributed by atoms with Crippen molar-refractivity contribution in [2.24, 2.45) is 0 Å². The topological polar surface area (TPSA) is 112 Å². The molecule has 1 fully saturated rings. The van der Waals surface area contributed by atoms with Gasteiger partial charge in [0.1, 0.15) is 25.6 Å². The first kappa shape index (κ1) is 28.9. The summed E-state index contributed by atoms with van der Waals surface area (Å²) in [7, 11) is 0. The number of ketones is 1. The highest BCUT2D eigenvalue weighted by Crippen LogP contribution is 2.43. The number of hydrogen-bond acceptors (Lipinski definition) is 8. The largest absolute Gasteiger partial charge is 0.507 e. The molecule has 1 aromatic heterocycles. The van der Waals surface area contributed by atoms with Gasteiger partial charge in [0.2, 0.25) is 0 Å². The van der Waals surface area contributed by atoms with Crippen LogP contribution in [0, 0.1) is 0 Å². The van der Waals surface area contributed by atoms with Crippen LogP contribution in [0.25, 0.3) is 5.76 Å². The van der Waals surface area contributed by atoms with Crippen LogP contribution in [-0.2, 0) is 22.7 Å². The SMILES string of the molecule is CCOc1cc([C@@H]2/C(=C(\O)c3ccc4c(c3)OCCO4)C(=O)C(=O)N2CCCn2ccnc2)ccc1OCc1ccccc1. The Hall–Kier alpha value is -5.25. The van der Waals surface area contributed by atoms with Crippen LogP contribution in [0.3, 0.4) is 0 Å². The molecule has 2 aliphatic rings. The van der Waals surface area contributed by atoms with E-state index in [1.165, 1.54) is 4.90 Å². The van der Waals surface area contributed by atoms with Crippen molar-refractivity contribution >= 4 is 17.4 Å². The van der Waals surface area contributed by atoms with Gasteiger partial charge in [0.15, 0.2) is 23.0 Å². The molecule has 3 aromatic carbocycles. The zero-order valence-electron chi connectivity index (χ0n) is 24.3. The van der Waals surface area contributed by atoms with Gasteiger partial charge in [0.25, 0.3) is 11.7 Å². The minimum atomic E-state index is -0.853. The average Bonchev–Trinajstić information content (AvgIpc) is 3.66. The normalized spacial score (nSPS) is 17.1. The Morgan fingerprint density at radius 2 is 1.77 bits per heavy atom. The summed E-state index contributed by atoms with van der Waals surface area (Å²) >= 11 is 0. The Bertz CT molecular complexity index is 1670. The number of hydrogen-bond donors (Lipinski definition) is 1. The molecular formula is C34H33N3O7. The summed E-state index contributed by atoms with van der Waals surface area (Å²) in [4.78, 5) is 32.7. The van der Waals surface area contributed by atoms with Gasteiger partial charge >= 0.3 is 0 Å². The number of likely N-dealkylation sites (tertiary alicyclic amines) is 1. The molecule has 0 radical (unpaired) electrons. The van der Waals surface area contributed by atoms with Crippen molar-refractivity contribution in [1.82, 2.24) is 14.5 Å². The number of nitrogens with zero attached hydrogens (tertiary/aromatic N) is 3. The Morgan fingerprint density at radius 3 is 2.55 bits per heavy atom. The lowest BCUT2D eigenvalue weighted by Gasteiger charge is -2.26. The van der Waals surface area contributed by atoms with Crippen LogP contribution in [0.1, 0.15) is 36.1 Å². The number of aliphatic hydroxyl groups excluding tert-OH is 1. The third kappa shape index (κ3) is 5.96. The number of benzene rings is 3. The molecule has 4 aromatic rings. The molecule has 3 heterocycles. The van der Waals surface area contributed by atoms with Gasteiger partial charge in [-0.05, 0) is 54.8 Å². The molecular weight excluding hydrogens is 562 g/mol. The van der Waals surface area contributed by atoms with E-state index in [2.05, 4.69) is 4.98 Å². The molecule has 0 spiro atoms. The first-order valence-electron chi connectivity index (χ1n) is 14.6. The van der Waals surface area contributed by atoms with Gasteiger partial charge in [-0.2, -0.15) is 0 Å². The zero-order valence-corrected chi connectivity index (χ0v) is 24.3. The van der Waals surface area contributed by atoms with Gasteiger partial charge in [-0.15, -0.1) is 0 Å². The number of rotatable bonds is 11. The minimum Gasteiger partial charge on any atom is -0.507 e. The summed E-state index contributed by atoms with van der Waals surface area (Å²) in [5.74, 6) is 0.300. The van der Waals surface area contributed by atoms with Crippen molar-refractivity contribution in [3.63, 3.8) is 0 Å². The van der Waals surface area contributed by atoms with Crippen LogP contribution in [0.2, 0.25) is 0 Å². The van der Waals surface area contributed by atoms with Crippen molar-refractivity contribution in [1.29, 1.82) is 0 Å². The first-order chi connectivity index (χ1) is 21.5. The lowest BCUT2D eigenvalue weighted by atomic mass is 9.94. The highest BCUT2D eigenvalue weighted by atomic mass is 16.6. The van der Waals surface area contributed by atoms with Crippen LogP contribution in [0.5, 0.6) is 23.0 Å². The minimum absolute atomic E-state index is 0.00490. The summed E-state index contributed by atoms with van der Waals surface area (Å²) in [6, 6.07) is 19.3. The lowest BCUT2D eigenvalue weighted by Crippen LogP contribution is -2.31. The fourth-order valence-electron chi connectivity index (χ4n) is 5.46. The second-order valence-electron chi connectivity index (χ2n) is 10.4. The van der Waals surface area contributed by atoms with Crippen LogP contribution in [0.4, 0.5) is 0 Å². The summed E-state index contributed by atoms with van der Waals surface area (Å²) in [5.41, 5.74) is 1.96. The molecule has 0 unspecified atom stereocenters. The van der Waals surface area contributed by atoms with E-state index in [-0.39, 0.29) is 17.9 Å². The smallest absolute Gasteiger partial charge is 0.295 e. The molecule has 1 N–H and O–H groups in total. The quantitative estimate of drug-likeness (QED) is 0.144. The summed E-state index contributed by atoms with van der Waals surface area (Å²) < 4.78 is 25.3. The summed E-state index contributed by atoms with van der Waals surface area (Å²) in [6.07, 6.45) is 5.81. The van der Waals surface area contributed by atoms with E-state index < -0.39 is 17.7 Å². The van der Waals surface area contributed by atoms with Gasteiger partial charge in [-0.1, -0.05) is 36.4 Å². The molecule has 1 amide bonds. The number of imidazole rings is 1. The second-order valence-corrected chi connectivity index (χ2v) is 10.4. The van der Waals surface area contributed by atoms with Crippen LogP contribution in [-0.4, -0.2) is 57.6 Å². The molecule has 1 saturated heterocycles. The monoisotopic (exact) mass is 595 g/mol. The molecule has 226 valence electrons. The van der Waals surface area contributed by atoms with Crippen LogP contribution >= 0.6 is 0 Å². The maximum absolute atomic E-state index is 13.6. The molecule has 2 aliphatic heterocycles. The van der Waals surface area contributed by atoms with Crippen molar-refractivity contribution in [2.45, 2.75) is 32.5 Å². The number of fused-ring (bicyclic) bond motifs is 1. The van der Waals surface area contributed by atoms with E-state index in [0.29, 0.717) is 73.5 Å². The number of aromatic nitrogens is 2. The highest BCUT2D eigenvalue weighted by molar-refractivity contribution is 6.46. The number of carbonyl (C=O) groups is 2. The predicted molar refractivity (Wildman–Crippen MR) is 162 cm³/mol. The van der Waals surface area contributed by atoms with E-state index in [0.717, 1.165) is 5.56 Å².